The third-order valence-electron chi connectivity index (χ3n) is 2.84. The number of ether oxygens (including phenoxy) is 1. The number of unbranched alkanes of at least 4 members (excludes halogenated alkanes) is 1. The van der Waals surface area contributed by atoms with E-state index in [9.17, 15) is 9.59 Å². The molecule has 0 aromatic carbocycles. The maximum Gasteiger partial charge on any atom is 0.220 e. The summed E-state index contributed by atoms with van der Waals surface area (Å²) in [6, 6.07) is -0.0823. The summed E-state index contributed by atoms with van der Waals surface area (Å²) in [6.07, 6.45) is 1.88. The number of hydrogen-bond donors (Lipinski definition) is 1. The van der Waals surface area contributed by atoms with Gasteiger partial charge in [0.1, 0.15) is 6.10 Å². The van der Waals surface area contributed by atoms with Gasteiger partial charge >= 0.3 is 0 Å². The van der Waals surface area contributed by atoms with E-state index in [-0.39, 0.29) is 23.8 Å². The lowest BCUT2D eigenvalue weighted by atomic mass is 10.1. The fraction of sp³-hybridized carbons (Fsp3) is 0.846. The maximum absolute atomic E-state index is 11.5. The molecule has 0 aliphatic rings. The topological polar surface area (TPSA) is 55.4 Å². The van der Waals surface area contributed by atoms with E-state index < -0.39 is 6.10 Å². The normalized spacial score (nSPS) is 16.1. The first-order valence-electron chi connectivity index (χ1n) is 6.33. The minimum absolute atomic E-state index is 0.00126. The maximum atomic E-state index is 11.5. The van der Waals surface area contributed by atoms with Gasteiger partial charge in [-0.1, -0.05) is 13.3 Å². The number of amides is 1. The third-order valence-corrected chi connectivity index (χ3v) is 2.84. The van der Waals surface area contributed by atoms with Gasteiger partial charge in [0, 0.05) is 6.42 Å². The minimum Gasteiger partial charge on any atom is -0.366 e. The Kier molecular flexibility index (Phi) is 7.79. The molecule has 4 nitrogen and oxygen atoms in total. The van der Waals surface area contributed by atoms with E-state index in [0.29, 0.717) is 6.42 Å². The molecule has 1 amide bonds. The highest BCUT2D eigenvalue weighted by Crippen LogP contribution is 2.05. The van der Waals surface area contributed by atoms with Crippen LogP contribution in [-0.4, -0.2) is 29.9 Å². The first-order valence-corrected chi connectivity index (χ1v) is 6.33. The van der Waals surface area contributed by atoms with Crippen LogP contribution in [0, 0.1) is 0 Å². The lowest BCUT2D eigenvalue weighted by molar-refractivity contribution is -0.132. The molecule has 0 aliphatic carbocycles. The van der Waals surface area contributed by atoms with Gasteiger partial charge in [0.25, 0.3) is 0 Å². The minimum atomic E-state index is -0.417. The SMILES string of the molecule is CCCCC(=O)NC(C)C(C)OC(C)C(C)=O. The van der Waals surface area contributed by atoms with E-state index in [0.717, 1.165) is 12.8 Å². The Morgan fingerprint density at radius 1 is 1.24 bits per heavy atom. The number of carbonyl (C=O) groups excluding carboxylic acids is 2. The largest absolute Gasteiger partial charge is 0.366 e. The van der Waals surface area contributed by atoms with Crippen molar-refractivity contribution in [2.24, 2.45) is 0 Å². The van der Waals surface area contributed by atoms with Crippen molar-refractivity contribution in [2.45, 2.75) is 72.1 Å². The molecule has 0 rings (SSSR count). The standard InChI is InChI=1S/C13H25NO3/c1-6-7-8-13(16)14-9(2)11(4)17-12(5)10(3)15/h9,11-12H,6-8H2,1-5H3,(H,14,16). The van der Waals surface area contributed by atoms with Crippen molar-refractivity contribution in [1.82, 2.24) is 5.32 Å². The number of Topliss-reactive ketones (excluding diaryl/α,β-unsaturated/α-hetero) is 1. The fourth-order valence-electron chi connectivity index (χ4n) is 1.32. The zero-order chi connectivity index (χ0) is 13.4. The molecule has 4 heteroatoms. The highest BCUT2D eigenvalue weighted by atomic mass is 16.5. The Hall–Kier alpha value is -0.900. The van der Waals surface area contributed by atoms with Gasteiger partial charge in [-0.05, 0) is 34.1 Å². The summed E-state index contributed by atoms with van der Waals surface area (Å²) >= 11 is 0. The van der Waals surface area contributed by atoms with Gasteiger partial charge in [-0.15, -0.1) is 0 Å². The second kappa shape index (κ2) is 8.23. The average molecular weight is 243 g/mol. The molecular weight excluding hydrogens is 218 g/mol. The molecule has 0 bridgehead atoms. The molecule has 0 saturated carbocycles. The summed E-state index contributed by atoms with van der Waals surface area (Å²) in [7, 11) is 0. The predicted octanol–water partition coefficient (Wildman–Crippen LogP) is 2.06. The van der Waals surface area contributed by atoms with Crippen molar-refractivity contribution in [3.63, 3.8) is 0 Å². The van der Waals surface area contributed by atoms with Crippen molar-refractivity contribution in [3.8, 4) is 0 Å². The van der Waals surface area contributed by atoms with Crippen LogP contribution in [0.4, 0.5) is 0 Å². The molecule has 1 N–H and O–H groups in total. The molecule has 0 aliphatic heterocycles. The van der Waals surface area contributed by atoms with Gasteiger partial charge in [0.05, 0.1) is 12.1 Å². The molecule has 3 atom stereocenters. The number of ketones is 1. The first-order chi connectivity index (χ1) is 7.88. The summed E-state index contributed by atoms with van der Waals surface area (Å²) in [6.45, 7) is 9.04. The quantitative estimate of drug-likeness (QED) is 0.710. The summed E-state index contributed by atoms with van der Waals surface area (Å²) in [5.74, 6) is 0.0478. The zero-order valence-corrected chi connectivity index (χ0v) is 11.6. The molecule has 0 fully saturated rings. The Labute approximate surface area is 104 Å². The molecule has 100 valence electrons. The number of rotatable bonds is 8. The van der Waals surface area contributed by atoms with E-state index in [1.54, 1.807) is 6.92 Å². The number of nitrogens with one attached hydrogen (secondary N) is 1. The van der Waals surface area contributed by atoms with Crippen LogP contribution in [0.1, 0.15) is 53.9 Å². The van der Waals surface area contributed by atoms with Gasteiger partial charge < -0.3 is 10.1 Å². The summed E-state index contributed by atoms with van der Waals surface area (Å²) in [4.78, 5) is 22.6. The van der Waals surface area contributed by atoms with E-state index in [1.807, 2.05) is 13.8 Å². The van der Waals surface area contributed by atoms with Crippen LogP contribution in [0.5, 0.6) is 0 Å². The molecule has 17 heavy (non-hydrogen) atoms. The van der Waals surface area contributed by atoms with Crippen molar-refractivity contribution in [3.05, 3.63) is 0 Å². The lowest BCUT2D eigenvalue weighted by Gasteiger charge is -2.24. The summed E-state index contributed by atoms with van der Waals surface area (Å²) in [5, 5.41) is 2.88. The van der Waals surface area contributed by atoms with Gasteiger partial charge in [-0.2, -0.15) is 0 Å². The van der Waals surface area contributed by atoms with E-state index in [2.05, 4.69) is 12.2 Å². The van der Waals surface area contributed by atoms with Crippen molar-refractivity contribution in [2.75, 3.05) is 0 Å². The number of hydrogen-bond acceptors (Lipinski definition) is 3. The number of carbonyl (C=O) groups is 2. The van der Waals surface area contributed by atoms with Crippen molar-refractivity contribution in [1.29, 1.82) is 0 Å². The smallest absolute Gasteiger partial charge is 0.220 e. The highest BCUT2D eigenvalue weighted by molar-refractivity contribution is 5.80. The summed E-state index contributed by atoms with van der Waals surface area (Å²) in [5.41, 5.74) is 0. The third kappa shape index (κ3) is 7.10. The van der Waals surface area contributed by atoms with Gasteiger partial charge in [-0.3, -0.25) is 9.59 Å². The molecule has 0 aromatic rings. The monoisotopic (exact) mass is 243 g/mol. The Morgan fingerprint density at radius 2 is 1.82 bits per heavy atom. The van der Waals surface area contributed by atoms with E-state index in [4.69, 9.17) is 4.74 Å². The second-order valence-electron chi connectivity index (χ2n) is 4.55. The molecule has 0 spiro atoms. The molecule has 0 heterocycles. The lowest BCUT2D eigenvalue weighted by Crippen LogP contribution is -2.42. The Bertz CT molecular complexity index is 253. The molecule has 0 saturated heterocycles. The molecule has 0 aromatic heterocycles. The average Bonchev–Trinajstić information content (AvgIpc) is 2.25. The van der Waals surface area contributed by atoms with Crippen LogP contribution in [0.15, 0.2) is 0 Å². The fourth-order valence-corrected chi connectivity index (χ4v) is 1.32. The molecular formula is C13H25NO3. The van der Waals surface area contributed by atoms with Gasteiger partial charge in [0.15, 0.2) is 5.78 Å². The summed E-state index contributed by atoms with van der Waals surface area (Å²) < 4.78 is 5.51. The van der Waals surface area contributed by atoms with Crippen molar-refractivity contribution < 1.29 is 14.3 Å². The molecule has 3 unspecified atom stereocenters. The van der Waals surface area contributed by atoms with E-state index >= 15 is 0 Å². The molecule has 0 radical (unpaired) electrons. The van der Waals surface area contributed by atoms with Crippen LogP contribution < -0.4 is 5.32 Å². The van der Waals surface area contributed by atoms with Crippen LogP contribution in [0.3, 0.4) is 0 Å². The van der Waals surface area contributed by atoms with Gasteiger partial charge in [-0.25, -0.2) is 0 Å². The van der Waals surface area contributed by atoms with Crippen LogP contribution in [0.2, 0.25) is 0 Å². The van der Waals surface area contributed by atoms with Crippen LogP contribution in [0.25, 0.3) is 0 Å². The van der Waals surface area contributed by atoms with Crippen LogP contribution in [-0.2, 0) is 14.3 Å². The van der Waals surface area contributed by atoms with E-state index in [1.165, 1.54) is 6.92 Å². The van der Waals surface area contributed by atoms with Gasteiger partial charge in [0.2, 0.25) is 5.91 Å². The highest BCUT2D eigenvalue weighted by Gasteiger charge is 2.19. The second-order valence-corrected chi connectivity index (χ2v) is 4.55. The van der Waals surface area contributed by atoms with Crippen LogP contribution >= 0.6 is 0 Å². The zero-order valence-electron chi connectivity index (χ0n) is 11.6. The predicted molar refractivity (Wildman–Crippen MR) is 67.8 cm³/mol. The van der Waals surface area contributed by atoms with Crippen molar-refractivity contribution >= 4 is 11.7 Å². The Morgan fingerprint density at radius 3 is 2.29 bits per heavy atom. The first kappa shape index (κ1) is 16.1. The Balaban J connectivity index is 4.00.